The summed E-state index contributed by atoms with van der Waals surface area (Å²) in [6.45, 7) is 4.63. The number of rotatable bonds is 4. The van der Waals surface area contributed by atoms with Crippen molar-refractivity contribution in [1.29, 1.82) is 0 Å². The molecule has 0 amide bonds. The third-order valence-corrected chi connectivity index (χ3v) is 8.79. The summed E-state index contributed by atoms with van der Waals surface area (Å²) in [7, 11) is 0. The standard InChI is InChI=1S/C37H32N6/c1-36-27-37(2)41(35(29-19-9-4-10-20-29)39-43(37)31-23-13-6-14-24-31)33-26-16-15-25-32(33)40(36)34(28-17-7-3-8-18-28)38-42(36)30-21-11-5-12-22-30/h3-26H,27H2,1-2H3/t36-,37-/m1/s1. The number of hydrazone groups is 2. The van der Waals surface area contributed by atoms with Gasteiger partial charge in [-0.05, 0) is 50.2 Å². The van der Waals surface area contributed by atoms with E-state index >= 15 is 0 Å². The van der Waals surface area contributed by atoms with Gasteiger partial charge in [0.2, 0.25) is 0 Å². The maximum Gasteiger partial charge on any atom is 0.162 e. The molecule has 6 heteroatoms. The molecule has 0 saturated heterocycles. The molecule has 8 rings (SSSR count). The molecule has 0 unspecified atom stereocenters. The van der Waals surface area contributed by atoms with E-state index in [0.29, 0.717) is 6.42 Å². The van der Waals surface area contributed by atoms with Crippen LogP contribution in [0.4, 0.5) is 22.7 Å². The van der Waals surface area contributed by atoms with Crippen LogP contribution in [0.15, 0.2) is 156 Å². The van der Waals surface area contributed by atoms with Crippen LogP contribution in [0.25, 0.3) is 0 Å². The van der Waals surface area contributed by atoms with E-state index in [9.17, 15) is 0 Å². The molecular weight excluding hydrogens is 528 g/mol. The molecule has 43 heavy (non-hydrogen) atoms. The Morgan fingerprint density at radius 3 is 1.14 bits per heavy atom. The highest BCUT2D eigenvalue weighted by Crippen LogP contribution is 2.54. The Balaban J connectivity index is 1.41. The molecule has 5 aromatic carbocycles. The molecule has 0 fully saturated rings. The Labute approximate surface area is 252 Å². The van der Waals surface area contributed by atoms with Gasteiger partial charge in [0.1, 0.15) is 11.3 Å². The van der Waals surface area contributed by atoms with Crippen molar-refractivity contribution >= 4 is 34.4 Å². The molecule has 210 valence electrons. The van der Waals surface area contributed by atoms with Crippen LogP contribution < -0.4 is 19.8 Å². The van der Waals surface area contributed by atoms with Crippen LogP contribution in [0, 0.1) is 0 Å². The number of fused-ring (bicyclic) bond motifs is 5. The number of amidine groups is 2. The summed E-state index contributed by atoms with van der Waals surface area (Å²) in [6.07, 6.45) is 0.693. The van der Waals surface area contributed by atoms with Crippen LogP contribution in [0.1, 0.15) is 31.4 Å². The molecule has 6 nitrogen and oxygen atoms in total. The van der Waals surface area contributed by atoms with E-state index in [4.69, 9.17) is 10.2 Å². The van der Waals surface area contributed by atoms with Gasteiger partial charge in [-0.3, -0.25) is 9.80 Å². The number of anilines is 4. The van der Waals surface area contributed by atoms with E-state index in [-0.39, 0.29) is 0 Å². The third kappa shape index (κ3) is 3.79. The fourth-order valence-electron chi connectivity index (χ4n) is 7.03. The predicted molar refractivity (Wildman–Crippen MR) is 177 cm³/mol. The predicted octanol–water partition coefficient (Wildman–Crippen LogP) is 7.90. The monoisotopic (exact) mass is 560 g/mol. The van der Waals surface area contributed by atoms with E-state index in [1.807, 2.05) is 0 Å². The number of benzene rings is 5. The van der Waals surface area contributed by atoms with Crippen LogP contribution in [0.5, 0.6) is 0 Å². The minimum absolute atomic E-state index is 0.583. The highest BCUT2D eigenvalue weighted by Gasteiger charge is 2.60. The van der Waals surface area contributed by atoms with Gasteiger partial charge in [0.25, 0.3) is 0 Å². The second kappa shape index (κ2) is 9.60. The van der Waals surface area contributed by atoms with Gasteiger partial charge in [-0.25, -0.2) is 10.0 Å². The van der Waals surface area contributed by atoms with Crippen LogP contribution in [-0.4, -0.2) is 23.0 Å². The van der Waals surface area contributed by atoms with Crippen LogP contribution in [-0.2, 0) is 0 Å². The maximum absolute atomic E-state index is 5.41. The molecule has 0 N–H and O–H groups in total. The summed E-state index contributed by atoms with van der Waals surface area (Å²) in [5.74, 6) is 1.85. The molecule has 3 heterocycles. The summed E-state index contributed by atoms with van der Waals surface area (Å²) in [5, 5.41) is 15.2. The van der Waals surface area contributed by atoms with Crippen molar-refractivity contribution in [2.75, 3.05) is 19.8 Å². The summed E-state index contributed by atoms with van der Waals surface area (Å²) >= 11 is 0. The molecule has 3 aliphatic heterocycles. The minimum Gasteiger partial charge on any atom is -0.297 e. The Morgan fingerprint density at radius 2 is 0.767 bits per heavy atom. The molecular formula is C37H32N6. The van der Waals surface area contributed by atoms with Gasteiger partial charge in [0, 0.05) is 17.5 Å². The van der Waals surface area contributed by atoms with E-state index in [1.165, 1.54) is 0 Å². The number of hydrogen-bond acceptors (Lipinski definition) is 6. The number of nitrogens with zero attached hydrogens (tertiary/aromatic N) is 6. The molecule has 0 aromatic heterocycles. The second-order valence-electron chi connectivity index (χ2n) is 11.6. The first kappa shape index (κ1) is 25.4. The molecule has 5 aromatic rings. The van der Waals surface area contributed by atoms with Crippen molar-refractivity contribution in [2.45, 2.75) is 31.6 Å². The molecule has 0 radical (unpaired) electrons. The largest absolute Gasteiger partial charge is 0.297 e. The lowest BCUT2D eigenvalue weighted by Gasteiger charge is -2.47. The van der Waals surface area contributed by atoms with Crippen molar-refractivity contribution in [3.8, 4) is 0 Å². The second-order valence-corrected chi connectivity index (χ2v) is 11.6. The van der Waals surface area contributed by atoms with Gasteiger partial charge >= 0.3 is 0 Å². The topological polar surface area (TPSA) is 37.7 Å². The molecule has 3 aliphatic rings. The van der Waals surface area contributed by atoms with Gasteiger partial charge < -0.3 is 0 Å². The normalized spacial score (nSPS) is 22.4. The lowest BCUT2D eigenvalue weighted by molar-refractivity contribution is 0.320. The molecule has 0 bridgehead atoms. The van der Waals surface area contributed by atoms with E-state index in [0.717, 1.165) is 45.5 Å². The summed E-state index contributed by atoms with van der Waals surface area (Å²) < 4.78 is 0. The lowest BCUT2D eigenvalue weighted by atomic mass is 9.93. The van der Waals surface area contributed by atoms with Crippen LogP contribution in [0.3, 0.4) is 0 Å². The SMILES string of the molecule is C[C@@]12C[C@@]3(C)N(c4ccccc4)N=C(c4ccccc4)N3c3ccccc3N1C(c1ccccc1)=NN2c1ccccc1. The summed E-state index contributed by atoms with van der Waals surface area (Å²) in [6, 6.07) is 50.8. The van der Waals surface area contributed by atoms with Gasteiger partial charge in [-0.1, -0.05) is 109 Å². The van der Waals surface area contributed by atoms with E-state index in [2.05, 4.69) is 179 Å². The van der Waals surface area contributed by atoms with Crippen molar-refractivity contribution in [3.05, 3.63) is 157 Å². The van der Waals surface area contributed by atoms with Crippen molar-refractivity contribution in [1.82, 2.24) is 0 Å². The first-order chi connectivity index (χ1) is 21.1. The van der Waals surface area contributed by atoms with E-state index < -0.39 is 11.3 Å². The van der Waals surface area contributed by atoms with Gasteiger partial charge in [0.05, 0.1) is 22.7 Å². The third-order valence-electron chi connectivity index (χ3n) is 8.79. The van der Waals surface area contributed by atoms with Crippen molar-refractivity contribution in [3.63, 3.8) is 0 Å². The zero-order chi connectivity index (χ0) is 29.0. The van der Waals surface area contributed by atoms with E-state index in [1.54, 1.807) is 0 Å². The highest BCUT2D eigenvalue weighted by molar-refractivity contribution is 6.19. The van der Waals surface area contributed by atoms with Gasteiger partial charge in [-0.15, -0.1) is 0 Å². The van der Waals surface area contributed by atoms with Gasteiger partial charge in [-0.2, -0.15) is 10.2 Å². The molecule has 0 spiro atoms. The van der Waals surface area contributed by atoms with Crippen LogP contribution in [0.2, 0.25) is 0 Å². The summed E-state index contributed by atoms with van der Waals surface area (Å²) in [5.41, 5.74) is 5.26. The highest BCUT2D eigenvalue weighted by atomic mass is 15.7. The van der Waals surface area contributed by atoms with Gasteiger partial charge in [0.15, 0.2) is 11.7 Å². The fourth-order valence-corrected chi connectivity index (χ4v) is 7.03. The molecule has 0 saturated carbocycles. The minimum atomic E-state index is -0.583. The first-order valence-corrected chi connectivity index (χ1v) is 14.8. The molecule has 0 aliphatic carbocycles. The quantitative estimate of drug-likeness (QED) is 0.224. The Morgan fingerprint density at radius 1 is 0.442 bits per heavy atom. The first-order valence-electron chi connectivity index (χ1n) is 14.8. The number of para-hydroxylation sites is 4. The Bertz CT molecular complexity index is 1700. The zero-order valence-corrected chi connectivity index (χ0v) is 24.2. The zero-order valence-electron chi connectivity index (χ0n) is 24.2. The maximum atomic E-state index is 5.41. The smallest absolute Gasteiger partial charge is 0.162 e. The average molecular weight is 561 g/mol. The average Bonchev–Trinajstić information content (AvgIpc) is 3.50. The fraction of sp³-hybridized carbons (Fsp3) is 0.135. The van der Waals surface area contributed by atoms with Crippen molar-refractivity contribution in [2.24, 2.45) is 10.2 Å². The summed E-state index contributed by atoms with van der Waals surface area (Å²) in [4.78, 5) is 4.89. The Hall–Kier alpha value is -5.36. The lowest BCUT2D eigenvalue weighted by Crippen LogP contribution is -2.62. The van der Waals surface area contributed by atoms with Crippen LogP contribution >= 0.6 is 0 Å². The Kier molecular flexibility index (Phi) is 5.66. The van der Waals surface area contributed by atoms with Crippen molar-refractivity contribution < 1.29 is 0 Å². The molecule has 2 atom stereocenters. The number of hydrogen-bond donors (Lipinski definition) is 0.